The van der Waals surface area contributed by atoms with Crippen LogP contribution in [-0.2, 0) is 0 Å². The van der Waals surface area contributed by atoms with Gasteiger partial charge in [0, 0.05) is 44.5 Å². The van der Waals surface area contributed by atoms with Gasteiger partial charge in [0.15, 0.2) is 6.23 Å². The number of ether oxygens (including phenoxy) is 1. The van der Waals surface area contributed by atoms with E-state index < -0.39 is 0 Å². The zero-order chi connectivity index (χ0) is 40.3. The number of nitrogens with one attached hydrogen (secondary N) is 1. The van der Waals surface area contributed by atoms with Crippen molar-refractivity contribution >= 4 is 66.1 Å². The molecule has 1 N–H and O–H groups in total. The van der Waals surface area contributed by atoms with Gasteiger partial charge in [0.1, 0.15) is 5.75 Å². The van der Waals surface area contributed by atoms with Crippen LogP contribution in [0.4, 0.5) is 22.7 Å². The van der Waals surface area contributed by atoms with E-state index in [9.17, 15) is 0 Å². The molecule has 10 aromatic carbocycles. The molecule has 0 saturated carbocycles. The van der Waals surface area contributed by atoms with E-state index in [2.05, 4.69) is 233 Å². The lowest BCUT2D eigenvalue weighted by Crippen LogP contribution is -2.10. The molecule has 1 atom stereocenters. The van der Waals surface area contributed by atoms with E-state index in [1.807, 2.05) is 6.07 Å². The first-order valence-corrected chi connectivity index (χ1v) is 20.9. The van der Waals surface area contributed by atoms with Crippen molar-refractivity contribution < 1.29 is 4.74 Å². The van der Waals surface area contributed by atoms with Crippen LogP contribution in [0.5, 0.6) is 5.75 Å². The van der Waals surface area contributed by atoms with E-state index in [0.29, 0.717) is 0 Å². The predicted molar refractivity (Wildman–Crippen MR) is 255 cm³/mol. The first-order chi connectivity index (χ1) is 30.2. The average molecular weight is 782 g/mol. The minimum absolute atomic E-state index is 0.257. The van der Waals surface area contributed by atoms with Crippen molar-refractivity contribution in [2.24, 2.45) is 0 Å². The number of anilines is 4. The van der Waals surface area contributed by atoms with Crippen molar-refractivity contribution in [2.75, 3.05) is 10.2 Å². The smallest absolute Gasteiger partial charge is 0.196 e. The van der Waals surface area contributed by atoms with E-state index in [1.54, 1.807) is 0 Å². The highest BCUT2D eigenvalue weighted by molar-refractivity contribution is 6.16. The molecule has 2 heterocycles. The number of para-hydroxylation sites is 2. The normalized spacial score (nSPS) is 13.3. The molecule has 0 amide bonds. The van der Waals surface area contributed by atoms with E-state index >= 15 is 0 Å². The first kappa shape index (κ1) is 34.9. The summed E-state index contributed by atoms with van der Waals surface area (Å²) in [6.07, 6.45) is -0.257. The summed E-state index contributed by atoms with van der Waals surface area (Å²) in [6.45, 7) is 0. The number of hydrogen-bond acceptors (Lipinski definition) is 3. The lowest BCUT2D eigenvalue weighted by Gasteiger charge is -2.27. The van der Waals surface area contributed by atoms with Gasteiger partial charge in [-0.25, -0.2) is 0 Å². The van der Waals surface area contributed by atoms with Gasteiger partial charge in [0.25, 0.3) is 0 Å². The maximum Gasteiger partial charge on any atom is 0.196 e. The minimum atomic E-state index is -0.257. The van der Waals surface area contributed by atoms with Gasteiger partial charge in [-0.1, -0.05) is 158 Å². The van der Waals surface area contributed by atoms with Crippen LogP contribution in [0.3, 0.4) is 0 Å². The Balaban J connectivity index is 1.05. The number of nitrogens with zero attached hydrogens (tertiary/aromatic N) is 2. The van der Waals surface area contributed by atoms with Gasteiger partial charge < -0.3 is 19.5 Å². The van der Waals surface area contributed by atoms with Gasteiger partial charge in [-0.05, 0) is 105 Å². The van der Waals surface area contributed by atoms with E-state index in [-0.39, 0.29) is 6.23 Å². The van der Waals surface area contributed by atoms with Crippen LogP contribution in [0.15, 0.2) is 224 Å². The summed E-state index contributed by atoms with van der Waals surface area (Å²) in [7, 11) is 0. The molecule has 61 heavy (non-hydrogen) atoms. The van der Waals surface area contributed by atoms with Crippen LogP contribution < -0.4 is 15.0 Å². The quantitative estimate of drug-likeness (QED) is 0.163. The Morgan fingerprint density at radius 2 is 0.984 bits per heavy atom. The minimum Gasteiger partial charge on any atom is -0.464 e. The topological polar surface area (TPSA) is 29.4 Å². The van der Waals surface area contributed by atoms with Crippen molar-refractivity contribution in [1.82, 2.24) is 4.57 Å². The number of aromatic nitrogens is 1. The van der Waals surface area contributed by atoms with E-state index in [0.717, 1.165) is 55.9 Å². The van der Waals surface area contributed by atoms with Crippen molar-refractivity contribution in [3.05, 3.63) is 230 Å². The summed E-state index contributed by atoms with van der Waals surface area (Å²) < 4.78 is 8.91. The van der Waals surface area contributed by atoms with Crippen LogP contribution in [0.2, 0.25) is 0 Å². The molecule has 12 rings (SSSR count). The molecule has 11 aromatic rings. The Labute approximate surface area is 354 Å². The Morgan fingerprint density at radius 3 is 1.75 bits per heavy atom. The zero-order valence-corrected chi connectivity index (χ0v) is 33.2. The average Bonchev–Trinajstić information content (AvgIpc) is 3.92. The van der Waals surface area contributed by atoms with E-state index in [1.165, 1.54) is 49.4 Å². The van der Waals surface area contributed by atoms with Crippen molar-refractivity contribution in [1.29, 1.82) is 0 Å². The van der Waals surface area contributed by atoms with Crippen LogP contribution in [0.25, 0.3) is 71.3 Å². The maximum absolute atomic E-state index is 6.54. The molecule has 288 valence electrons. The van der Waals surface area contributed by atoms with E-state index in [4.69, 9.17) is 4.74 Å². The second-order valence-electron chi connectivity index (χ2n) is 15.7. The highest BCUT2D eigenvalue weighted by atomic mass is 16.5. The molecule has 0 saturated heterocycles. The number of rotatable bonds is 7. The SMILES string of the molecule is c1ccc(-c2ccccc2-c2ccc(N(c3ccc4ccc5ccc6c(c5c4c3)NC(c3ccccc3)O6)c3ccc4c(c3)c3ccccc3n4-c3ccccc3)cc2)cc1. The summed E-state index contributed by atoms with van der Waals surface area (Å²) in [4.78, 5) is 2.40. The Bertz CT molecular complexity index is 3410. The molecule has 1 aromatic heterocycles. The molecule has 1 aliphatic rings. The molecular formula is C57H39N3O. The molecule has 0 aliphatic carbocycles. The molecule has 0 radical (unpaired) electrons. The Kier molecular flexibility index (Phi) is 8.20. The first-order valence-electron chi connectivity index (χ1n) is 20.9. The summed E-state index contributed by atoms with van der Waals surface area (Å²) in [5.74, 6) is 0.864. The summed E-state index contributed by atoms with van der Waals surface area (Å²) in [5.41, 5.74) is 13.6. The van der Waals surface area contributed by atoms with Crippen molar-refractivity contribution in [3.63, 3.8) is 0 Å². The number of fused-ring (bicyclic) bond motifs is 8. The Hall–Kier alpha value is -8.08. The van der Waals surface area contributed by atoms with Crippen LogP contribution >= 0.6 is 0 Å². The third kappa shape index (κ3) is 5.91. The fraction of sp³-hybridized carbons (Fsp3) is 0.0175. The highest BCUT2D eigenvalue weighted by Gasteiger charge is 2.26. The standard InChI is InChI=1S/C57H39N3O/c1-4-14-38(15-5-1)47-20-10-11-21-48(47)39-26-30-44(31-27-39)59(46-33-34-53-51(37-46)49-22-12-13-23-52(49)60(53)43-18-8-3-9-19-43)45-32-28-40-24-25-41-29-35-54-56(55(41)50(40)36-45)58-57(61-54)42-16-6-2-7-17-42/h1-37,57-58H. The van der Waals surface area contributed by atoms with Gasteiger partial charge in [0.2, 0.25) is 0 Å². The summed E-state index contributed by atoms with van der Waals surface area (Å²) in [5, 5.41) is 10.8. The molecule has 0 fully saturated rings. The fourth-order valence-corrected chi connectivity index (χ4v) is 9.36. The van der Waals surface area contributed by atoms with Crippen molar-refractivity contribution in [2.45, 2.75) is 6.23 Å². The van der Waals surface area contributed by atoms with Crippen LogP contribution in [0.1, 0.15) is 11.8 Å². The maximum atomic E-state index is 6.54. The molecule has 1 aliphatic heterocycles. The third-order valence-electron chi connectivity index (χ3n) is 12.2. The molecule has 0 bridgehead atoms. The molecule has 1 unspecified atom stereocenters. The number of hydrogen-bond donors (Lipinski definition) is 1. The second-order valence-corrected chi connectivity index (χ2v) is 15.7. The van der Waals surface area contributed by atoms with Crippen molar-refractivity contribution in [3.8, 4) is 33.7 Å². The molecule has 4 nitrogen and oxygen atoms in total. The van der Waals surface area contributed by atoms with Gasteiger partial charge in [-0.3, -0.25) is 0 Å². The predicted octanol–water partition coefficient (Wildman–Crippen LogP) is 15.4. The monoisotopic (exact) mass is 781 g/mol. The van der Waals surface area contributed by atoms with Gasteiger partial charge in [-0.2, -0.15) is 0 Å². The highest BCUT2D eigenvalue weighted by Crippen LogP contribution is 2.47. The summed E-state index contributed by atoms with van der Waals surface area (Å²) in [6, 6.07) is 80.6. The Morgan fingerprint density at radius 1 is 0.426 bits per heavy atom. The van der Waals surface area contributed by atoms with Gasteiger partial charge in [-0.15, -0.1) is 0 Å². The molecule has 0 spiro atoms. The third-order valence-corrected chi connectivity index (χ3v) is 12.2. The summed E-state index contributed by atoms with van der Waals surface area (Å²) >= 11 is 0. The number of benzene rings is 10. The largest absolute Gasteiger partial charge is 0.464 e. The van der Waals surface area contributed by atoms with Gasteiger partial charge >= 0.3 is 0 Å². The lowest BCUT2D eigenvalue weighted by atomic mass is 9.94. The van der Waals surface area contributed by atoms with Gasteiger partial charge in [0.05, 0.1) is 16.7 Å². The molecular weight excluding hydrogens is 743 g/mol. The lowest BCUT2D eigenvalue weighted by molar-refractivity contribution is 0.260. The van der Waals surface area contributed by atoms with Crippen LogP contribution in [-0.4, -0.2) is 4.57 Å². The molecule has 4 heteroatoms. The second kappa shape index (κ2) is 14.3. The van der Waals surface area contributed by atoms with Crippen LogP contribution in [0, 0.1) is 0 Å². The fourth-order valence-electron chi connectivity index (χ4n) is 9.36. The zero-order valence-electron chi connectivity index (χ0n) is 33.2.